The molecule has 0 aromatic carbocycles. The number of hydrogen-bond donors (Lipinski definition) is 1. The molecule has 1 aliphatic rings. The molecule has 0 aliphatic heterocycles. The zero-order valence-corrected chi connectivity index (χ0v) is 13.4. The van der Waals surface area contributed by atoms with Gasteiger partial charge >= 0.3 is 0 Å². The number of carbonyl (C=O) groups is 1. The van der Waals surface area contributed by atoms with Crippen molar-refractivity contribution in [2.45, 2.75) is 18.5 Å². The minimum atomic E-state index is -1.04. The van der Waals surface area contributed by atoms with Crippen LogP contribution in [0.25, 0.3) is 16.2 Å². The Morgan fingerprint density at radius 2 is 2.26 bits per heavy atom. The molecule has 1 fully saturated rings. The Labute approximate surface area is 140 Å². The Kier molecular flexibility index (Phi) is 3.54. The first kappa shape index (κ1) is 14.6. The number of halogens is 2. The van der Waals surface area contributed by atoms with Gasteiger partial charge in [-0.15, -0.1) is 28.0 Å². The highest BCUT2D eigenvalue weighted by molar-refractivity contribution is 7.15. The van der Waals surface area contributed by atoms with Crippen LogP contribution in [0.15, 0.2) is 30.3 Å². The number of thiophene rings is 1. The molecule has 4 rings (SSSR count). The second-order valence-electron chi connectivity index (χ2n) is 5.36. The molecule has 1 N–H and O–H groups in total. The predicted molar refractivity (Wildman–Crippen MR) is 87.5 cm³/mol. The van der Waals surface area contributed by atoms with Crippen molar-refractivity contribution in [3.63, 3.8) is 0 Å². The van der Waals surface area contributed by atoms with Crippen molar-refractivity contribution in [1.29, 1.82) is 0 Å². The van der Waals surface area contributed by atoms with Gasteiger partial charge in [0.2, 0.25) is 11.9 Å². The van der Waals surface area contributed by atoms with Gasteiger partial charge in [-0.25, -0.2) is 8.91 Å². The van der Waals surface area contributed by atoms with Crippen LogP contribution in [0.2, 0.25) is 0 Å². The maximum atomic E-state index is 12.9. The number of amides is 1. The number of nitrogens with one attached hydrogen (secondary N) is 1. The van der Waals surface area contributed by atoms with E-state index in [9.17, 15) is 9.18 Å². The van der Waals surface area contributed by atoms with Crippen molar-refractivity contribution >= 4 is 40.4 Å². The second-order valence-corrected chi connectivity index (χ2v) is 6.80. The van der Waals surface area contributed by atoms with Crippen molar-refractivity contribution in [3.05, 3.63) is 35.2 Å². The summed E-state index contributed by atoms with van der Waals surface area (Å²) >= 11 is 7.43. The normalized spacial score (nSPS) is 19.9. The van der Waals surface area contributed by atoms with Crippen molar-refractivity contribution < 1.29 is 9.18 Å². The van der Waals surface area contributed by atoms with Crippen LogP contribution in [-0.4, -0.2) is 26.7 Å². The molecule has 3 aromatic heterocycles. The zero-order valence-electron chi connectivity index (χ0n) is 11.9. The molecule has 5 nitrogen and oxygen atoms in total. The summed E-state index contributed by atoms with van der Waals surface area (Å²) in [6, 6.07) is 9.56. The molecule has 1 saturated carbocycles. The molecule has 0 radical (unpaired) electrons. The van der Waals surface area contributed by atoms with E-state index in [1.807, 2.05) is 24.3 Å². The minimum Gasteiger partial charge on any atom is -0.293 e. The standard InChI is InChI=1S/C15H12ClFN4OS/c16-7-8-4-5-12(23-8)11-2-1-3-13-18-15(20-21(11)13)19-14(22)9-6-10(9)17/h1-5,9-10H,6-7H2,(H,19,20,22)/t9-,10-/m0/s1. The summed E-state index contributed by atoms with van der Waals surface area (Å²) in [5.41, 5.74) is 1.48. The summed E-state index contributed by atoms with van der Waals surface area (Å²) in [7, 11) is 0. The number of pyridine rings is 1. The molecule has 1 amide bonds. The lowest BCUT2D eigenvalue weighted by molar-refractivity contribution is -0.117. The number of aromatic nitrogens is 3. The third-order valence-electron chi connectivity index (χ3n) is 3.69. The van der Waals surface area contributed by atoms with Gasteiger partial charge in [0.15, 0.2) is 5.65 Å². The van der Waals surface area contributed by atoms with E-state index in [0.29, 0.717) is 11.5 Å². The summed E-state index contributed by atoms with van der Waals surface area (Å²) in [6.07, 6.45) is -0.761. The lowest BCUT2D eigenvalue weighted by atomic mass is 10.3. The summed E-state index contributed by atoms with van der Waals surface area (Å²) in [6.45, 7) is 0. The molecular weight excluding hydrogens is 339 g/mol. The lowest BCUT2D eigenvalue weighted by Gasteiger charge is -2.00. The van der Waals surface area contributed by atoms with Gasteiger partial charge in [-0.3, -0.25) is 10.1 Å². The fourth-order valence-electron chi connectivity index (χ4n) is 2.37. The largest absolute Gasteiger partial charge is 0.293 e. The minimum absolute atomic E-state index is 0.190. The fraction of sp³-hybridized carbons (Fsp3) is 0.267. The Hall–Kier alpha value is -1.99. The van der Waals surface area contributed by atoms with E-state index in [0.717, 1.165) is 15.4 Å². The number of hydrogen-bond acceptors (Lipinski definition) is 4. The average molecular weight is 351 g/mol. The van der Waals surface area contributed by atoms with Gasteiger partial charge in [0, 0.05) is 4.88 Å². The second kappa shape index (κ2) is 5.58. The van der Waals surface area contributed by atoms with E-state index in [-0.39, 0.29) is 18.3 Å². The van der Waals surface area contributed by atoms with Gasteiger partial charge in [-0.05, 0) is 30.7 Å². The Balaban J connectivity index is 1.68. The number of alkyl halides is 2. The fourth-order valence-corrected chi connectivity index (χ4v) is 3.49. The van der Waals surface area contributed by atoms with Crippen LogP contribution >= 0.6 is 22.9 Å². The Morgan fingerprint density at radius 3 is 2.96 bits per heavy atom. The summed E-state index contributed by atoms with van der Waals surface area (Å²) in [4.78, 5) is 18.2. The van der Waals surface area contributed by atoms with Crippen molar-refractivity contribution in [3.8, 4) is 10.6 Å². The van der Waals surface area contributed by atoms with Gasteiger partial charge in [-0.1, -0.05) is 6.07 Å². The van der Waals surface area contributed by atoms with Crippen LogP contribution < -0.4 is 5.32 Å². The van der Waals surface area contributed by atoms with E-state index in [4.69, 9.17) is 11.6 Å². The number of carbonyl (C=O) groups excluding carboxylic acids is 1. The Morgan fingerprint density at radius 1 is 1.43 bits per heavy atom. The number of nitrogens with zero attached hydrogens (tertiary/aromatic N) is 3. The van der Waals surface area contributed by atoms with Crippen LogP contribution in [-0.2, 0) is 10.7 Å². The molecule has 3 heterocycles. The maximum absolute atomic E-state index is 12.9. The van der Waals surface area contributed by atoms with E-state index >= 15 is 0 Å². The predicted octanol–water partition coefficient (Wildman–Crippen LogP) is 3.49. The third-order valence-corrected chi connectivity index (χ3v) is 5.24. The summed E-state index contributed by atoms with van der Waals surface area (Å²) in [5.74, 6) is -0.277. The molecule has 2 atom stereocenters. The quantitative estimate of drug-likeness (QED) is 0.733. The summed E-state index contributed by atoms with van der Waals surface area (Å²) in [5, 5.41) is 6.90. The van der Waals surface area contributed by atoms with Crippen molar-refractivity contribution in [2.24, 2.45) is 5.92 Å². The molecule has 1 aliphatic carbocycles. The molecule has 3 aromatic rings. The van der Waals surface area contributed by atoms with Crippen LogP contribution in [0.4, 0.5) is 10.3 Å². The van der Waals surface area contributed by atoms with Crippen LogP contribution in [0.5, 0.6) is 0 Å². The topological polar surface area (TPSA) is 59.3 Å². The van der Waals surface area contributed by atoms with Gasteiger partial charge in [0.25, 0.3) is 0 Å². The summed E-state index contributed by atoms with van der Waals surface area (Å²) < 4.78 is 14.6. The molecule has 118 valence electrons. The van der Waals surface area contributed by atoms with Gasteiger partial charge in [0.1, 0.15) is 6.17 Å². The molecule has 23 heavy (non-hydrogen) atoms. The first-order chi connectivity index (χ1) is 11.2. The molecule has 0 unspecified atom stereocenters. The van der Waals surface area contributed by atoms with E-state index in [1.54, 1.807) is 21.9 Å². The van der Waals surface area contributed by atoms with Gasteiger partial charge in [0.05, 0.1) is 22.4 Å². The van der Waals surface area contributed by atoms with E-state index < -0.39 is 12.1 Å². The molecular formula is C15H12ClFN4OS. The van der Waals surface area contributed by atoms with E-state index in [1.165, 1.54) is 0 Å². The van der Waals surface area contributed by atoms with Crippen molar-refractivity contribution in [1.82, 2.24) is 14.6 Å². The first-order valence-electron chi connectivity index (χ1n) is 7.11. The monoisotopic (exact) mass is 350 g/mol. The van der Waals surface area contributed by atoms with Crippen LogP contribution in [0.1, 0.15) is 11.3 Å². The van der Waals surface area contributed by atoms with Crippen LogP contribution in [0, 0.1) is 5.92 Å². The highest BCUT2D eigenvalue weighted by Gasteiger charge is 2.44. The molecule has 0 saturated heterocycles. The molecule has 8 heteroatoms. The van der Waals surface area contributed by atoms with Gasteiger partial charge in [-0.2, -0.15) is 4.98 Å². The SMILES string of the molecule is O=C(Nc1nc2cccc(-c3ccc(CCl)s3)n2n1)[C@H]1C[C@@H]1F. The maximum Gasteiger partial charge on any atom is 0.249 e. The average Bonchev–Trinajstić information content (AvgIpc) is 2.97. The smallest absolute Gasteiger partial charge is 0.249 e. The van der Waals surface area contributed by atoms with Gasteiger partial charge < -0.3 is 0 Å². The number of anilines is 1. The highest BCUT2D eigenvalue weighted by Crippen LogP contribution is 2.34. The molecule has 0 bridgehead atoms. The third kappa shape index (κ3) is 2.70. The highest BCUT2D eigenvalue weighted by atomic mass is 35.5. The van der Waals surface area contributed by atoms with Crippen molar-refractivity contribution in [2.75, 3.05) is 5.32 Å². The lowest BCUT2D eigenvalue weighted by Crippen LogP contribution is -2.16. The zero-order chi connectivity index (χ0) is 16.0. The first-order valence-corrected chi connectivity index (χ1v) is 8.46. The number of rotatable bonds is 4. The number of fused-ring (bicyclic) bond motifs is 1. The molecule has 0 spiro atoms. The van der Waals surface area contributed by atoms with E-state index in [2.05, 4.69) is 15.4 Å². The van der Waals surface area contributed by atoms with Crippen LogP contribution in [0.3, 0.4) is 0 Å². The Bertz CT molecular complexity index is 893.